The molecule has 2 aliphatic heterocycles. The number of piperidine rings is 2. The first-order valence-corrected chi connectivity index (χ1v) is 9.97. The second-order valence-electron chi connectivity index (χ2n) is 8.61. The van der Waals surface area contributed by atoms with Gasteiger partial charge < -0.3 is 9.80 Å². The van der Waals surface area contributed by atoms with Crippen molar-refractivity contribution >= 4 is 11.7 Å². The lowest BCUT2D eigenvalue weighted by Gasteiger charge is -2.48. The lowest BCUT2D eigenvalue weighted by molar-refractivity contribution is -0.139. The van der Waals surface area contributed by atoms with Crippen LogP contribution in [0.2, 0.25) is 0 Å². The van der Waals surface area contributed by atoms with Gasteiger partial charge in [-0.1, -0.05) is 13.8 Å². The Balaban J connectivity index is 1.49. The summed E-state index contributed by atoms with van der Waals surface area (Å²) in [6.07, 6.45) is 6.27. The Kier molecular flexibility index (Phi) is 4.38. The molecule has 0 bridgehead atoms. The van der Waals surface area contributed by atoms with Crippen LogP contribution in [0.15, 0.2) is 12.1 Å². The Morgan fingerprint density at radius 3 is 2.58 bits per heavy atom. The summed E-state index contributed by atoms with van der Waals surface area (Å²) >= 11 is 0. The van der Waals surface area contributed by atoms with E-state index in [2.05, 4.69) is 29.7 Å². The number of carbonyl (C=O) groups is 1. The van der Waals surface area contributed by atoms with Crippen molar-refractivity contribution in [3.05, 3.63) is 23.4 Å². The fraction of sp³-hybridized carbons (Fsp3) is 0.667. The van der Waals surface area contributed by atoms with E-state index in [4.69, 9.17) is 4.98 Å². The van der Waals surface area contributed by atoms with Gasteiger partial charge in [0.2, 0.25) is 5.91 Å². The molecule has 1 aromatic rings. The second kappa shape index (κ2) is 6.57. The van der Waals surface area contributed by atoms with Crippen molar-refractivity contribution in [2.45, 2.75) is 64.3 Å². The van der Waals surface area contributed by atoms with Crippen LogP contribution in [0.1, 0.15) is 69.5 Å². The zero-order valence-corrected chi connectivity index (χ0v) is 15.9. The Labute approximate surface area is 156 Å². The normalized spacial score (nSPS) is 22.8. The molecule has 1 spiro atoms. The molecule has 1 aromatic heterocycles. The summed E-state index contributed by atoms with van der Waals surface area (Å²) in [5.41, 5.74) is 1.99. The van der Waals surface area contributed by atoms with Crippen LogP contribution in [0, 0.1) is 16.7 Å². The number of likely N-dealkylation sites (tertiary alicyclic amines) is 1. The smallest absolute Gasteiger partial charge is 0.222 e. The monoisotopic (exact) mass is 352 g/mol. The number of nitriles is 1. The summed E-state index contributed by atoms with van der Waals surface area (Å²) in [5.74, 6) is 1.56. The number of aromatic nitrogens is 1. The molecule has 1 amide bonds. The van der Waals surface area contributed by atoms with Crippen molar-refractivity contribution in [3.63, 3.8) is 0 Å². The molecule has 0 unspecified atom stereocenters. The van der Waals surface area contributed by atoms with Crippen molar-refractivity contribution in [2.24, 2.45) is 5.41 Å². The predicted octanol–water partition coefficient (Wildman–Crippen LogP) is 3.45. The zero-order valence-electron chi connectivity index (χ0n) is 15.9. The Hall–Kier alpha value is -2.09. The van der Waals surface area contributed by atoms with Gasteiger partial charge in [-0.15, -0.1) is 0 Å². The molecule has 1 saturated carbocycles. The number of carbonyl (C=O) groups excluding carboxylic acids is 1. The van der Waals surface area contributed by atoms with Crippen LogP contribution in [-0.4, -0.2) is 41.5 Å². The van der Waals surface area contributed by atoms with Crippen molar-refractivity contribution in [3.8, 4) is 6.07 Å². The first-order valence-electron chi connectivity index (χ1n) is 9.97. The second-order valence-corrected chi connectivity index (χ2v) is 8.61. The number of nitrogens with zero attached hydrogens (tertiary/aromatic N) is 4. The molecular formula is C21H28N4O. The van der Waals surface area contributed by atoms with Gasteiger partial charge in [0.05, 0.1) is 5.56 Å². The molecule has 26 heavy (non-hydrogen) atoms. The molecule has 1 aliphatic carbocycles. The quantitative estimate of drug-likeness (QED) is 0.836. The molecule has 5 heteroatoms. The van der Waals surface area contributed by atoms with Crippen LogP contribution in [-0.2, 0) is 4.79 Å². The van der Waals surface area contributed by atoms with Gasteiger partial charge in [-0.05, 0) is 55.6 Å². The highest BCUT2D eigenvalue weighted by Gasteiger charge is 2.45. The van der Waals surface area contributed by atoms with Gasteiger partial charge in [0.1, 0.15) is 11.9 Å². The minimum Gasteiger partial charge on any atom is -0.355 e. The summed E-state index contributed by atoms with van der Waals surface area (Å²) in [7, 11) is 0. The maximum absolute atomic E-state index is 12.2. The molecule has 3 fully saturated rings. The first kappa shape index (κ1) is 17.3. The molecule has 2 saturated heterocycles. The number of pyridine rings is 1. The maximum atomic E-state index is 12.2. The minimum atomic E-state index is 0.273. The third kappa shape index (κ3) is 3.18. The zero-order chi connectivity index (χ0) is 18.3. The van der Waals surface area contributed by atoms with E-state index in [1.807, 2.05) is 12.1 Å². The van der Waals surface area contributed by atoms with Gasteiger partial charge in [-0.25, -0.2) is 4.98 Å². The van der Waals surface area contributed by atoms with E-state index >= 15 is 0 Å². The molecule has 4 rings (SSSR count). The summed E-state index contributed by atoms with van der Waals surface area (Å²) < 4.78 is 0. The van der Waals surface area contributed by atoms with Crippen molar-refractivity contribution in [1.82, 2.24) is 9.88 Å². The van der Waals surface area contributed by atoms with E-state index in [1.54, 1.807) is 0 Å². The van der Waals surface area contributed by atoms with Crippen molar-refractivity contribution in [2.75, 3.05) is 24.5 Å². The minimum absolute atomic E-state index is 0.273. The summed E-state index contributed by atoms with van der Waals surface area (Å²) in [6.45, 7) is 7.06. The topological polar surface area (TPSA) is 60.2 Å². The molecule has 3 heterocycles. The highest BCUT2D eigenvalue weighted by molar-refractivity contribution is 5.78. The number of hydrogen-bond acceptors (Lipinski definition) is 4. The Morgan fingerprint density at radius 2 is 1.96 bits per heavy atom. The first-order chi connectivity index (χ1) is 12.5. The fourth-order valence-electron chi connectivity index (χ4n) is 4.48. The molecular weight excluding hydrogens is 324 g/mol. The molecule has 138 valence electrons. The van der Waals surface area contributed by atoms with Crippen molar-refractivity contribution < 1.29 is 4.79 Å². The van der Waals surface area contributed by atoms with Crippen LogP contribution in [0.4, 0.5) is 5.82 Å². The van der Waals surface area contributed by atoms with E-state index in [0.717, 1.165) is 50.4 Å². The van der Waals surface area contributed by atoms with Crippen LogP contribution < -0.4 is 4.90 Å². The van der Waals surface area contributed by atoms with Gasteiger partial charge in [0.15, 0.2) is 0 Å². The SMILES string of the molecule is CC(C)c1ccc(C#N)c(N2CCC3(CCC(=O)N(C4CC4)C3)CC2)n1. The summed E-state index contributed by atoms with van der Waals surface area (Å²) in [5, 5.41) is 9.49. The van der Waals surface area contributed by atoms with Crippen LogP contribution >= 0.6 is 0 Å². The molecule has 0 atom stereocenters. The number of amides is 1. The lowest BCUT2D eigenvalue weighted by Crippen LogP contribution is -2.52. The van der Waals surface area contributed by atoms with E-state index in [9.17, 15) is 10.1 Å². The molecule has 3 aliphatic rings. The number of anilines is 1. The maximum Gasteiger partial charge on any atom is 0.222 e. The van der Waals surface area contributed by atoms with Gasteiger partial charge in [-0.2, -0.15) is 5.26 Å². The fourth-order valence-corrected chi connectivity index (χ4v) is 4.48. The van der Waals surface area contributed by atoms with Crippen LogP contribution in [0.5, 0.6) is 0 Å². The van der Waals surface area contributed by atoms with E-state index in [1.165, 1.54) is 12.8 Å². The number of rotatable bonds is 3. The van der Waals surface area contributed by atoms with E-state index in [0.29, 0.717) is 29.9 Å². The highest BCUT2D eigenvalue weighted by atomic mass is 16.2. The largest absolute Gasteiger partial charge is 0.355 e. The lowest BCUT2D eigenvalue weighted by atomic mass is 9.72. The third-order valence-electron chi connectivity index (χ3n) is 6.42. The third-order valence-corrected chi connectivity index (χ3v) is 6.42. The van der Waals surface area contributed by atoms with Gasteiger partial charge in [-0.3, -0.25) is 4.79 Å². The average Bonchev–Trinajstić information content (AvgIpc) is 3.49. The Bertz CT molecular complexity index is 739. The standard InChI is InChI=1S/C21H28N4O/c1-15(2)18-6-3-16(13-22)20(23-18)24-11-9-21(10-12-24)8-7-19(26)25(14-21)17-4-5-17/h3,6,15,17H,4-5,7-12,14H2,1-2H3. The average molecular weight is 352 g/mol. The van der Waals surface area contributed by atoms with E-state index in [-0.39, 0.29) is 5.41 Å². The molecule has 0 radical (unpaired) electrons. The molecule has 0 aromatic carbocycles. The summed E-state index contributed by atoms with van der Waals surface area (Å²) in [6, 6.07) is 6.71. The van der Waals surface area contributed by atoms with Crippen LogP contribution in [0.3, 0.4) is 0 Å². The molecule has 0 N–H and O–H groups in total. The summed E-state index contributed by atoms with van der Waals surface area (Å²) in [4.78, 5) is 21.5. The van der Waals surface area contributed by atoms with Gasteiger partial charge in [0, 0.05) is 37.8 Å². The van der Waals surface area contributed by atoms with Gasteiger partial charge >= 0.3 is 0 Å². The highest BCUT2D eigenvalue weighted by Crippen LogP contribution is 2.44. The van der Waals surface area contributed by atoms with Crippen LogP contribution in [0.25, 0.3) is 0 Å². The number of hydrogen-bond donors (Lipinski definition) is 0. The van der Waals surface area contributed by atoms with Crippen molar-refractivity contribution in [1.29, 1.82) is 5.26 Å². The van der Waals surface area contributed by atoms with E-state index < -0.39 is 0 Å². The molecule has 5 nitrogen and oxygen atoms in total. The predicted molar refractivity (Wildman–Crippen MR) is 101 cm³/mol. The van der Waals surface area contributed by atoms with Gasteiger partial charge in [0.25, 0.3) is 0 Å². The Morgan fingerprint density at radius 1 is 1.23 bits per heavy atom.